The van der Waals surface area contributed by atoms with Crippen LogP contribution >= 0.6 is 23.7 Å². The van der Waals surface area contributed by atoms with Gasteiger partial charge in [-0.2, -0.15) is 0 Å². The lowest BCUT2D eigenvalue weighted by molar-refractivity contribution is 0.459. The molecule has 0 bridgehead atoms. The maximum Gasteiger partial charge on any atom is 0.123 e. The van der Waals surface area contributed by atoms with Crippen molar-refractivity contribution in [2.24, 2.45) is 5.73 Å². The molecule has 1 aliphatic rings. The molecule has 2 nitrogen and oxygen atoms in total. The van der Waals surface area contributed by atoms with Gasteiger partial charge in [0.15, 0.2) is 0 Å². The van der Waals surface area contributed by atoms with Gasteiger partial charge in [-0.1, -0.05) is 12.8 Å². The average Bonchev–Trinajstić information content (AvgIpc) is 2.99. The number of nitrogens with zero attached hydrogens (tertiary/aromatic N) is 1. The van der Waals surface area contributed by atoms with Gasteiger partial charge < -0.3 is 5.73 Å². The van der Waals surface area contributed by atoms with Gasteiger partial charge in [0.05, 0.1) is 11.2 Å². The maximum atomic E-state index is 12.9. The summed E-state index contributed by atoms with van der Waals surface area (Å²) >= 11 is 1.61. The molecule has 0 spiro atoms. The number of rotatable bonds is 2. The number of halogens is 2. The van der Waals surface area contributed by atoms with Crippen LogP contribution in [0.15, 0.2) is 29.6 Å². The molecule has 0 atom stereocenters. The Morgan fingerprint density at radius 2 is 1.79 bits per heavy atom. The predicted octanol–water partition coefficient (Wildman–Crippen LogP) is 4.10. The molecule has 102 valence electrons. The highest BCUT2D eigenvalue weighted by atomic mass is 35.5. The standard InChI is InChI=1S/C14H15FN2S.ClH/c15-11-5-3-10(4-6-11)12-9-18-13(17-12)14(16)7-1-2-8-14;/h3-6,9H,1-2,7-8,16H2;1H. The molecule has 5 heteroatoms. The highest BCUT2D eigenvalue weighted by molar-refractivity contribution is 7.10. The van der Waals surface area contributed by atoms with Gasteiger partial charge in [0.2, 0.25) is 0 Å². The smallest absolute Gasteiger partial charge is 0.123 e. The first-order valence-electron chi connectivity index (χ1n) is 6.18. The van der Waals surface area contributed by atoms with Crippen molar-refractivity contribution < 1.29 is 4.39 Å². The summed E-state index contributed by atoms with van der Waals surface area (Å²) in [5, 5.41) is 3.02. The van der Waals surface area contributed by atoms with Crippen molar-refractivity contribution in [2.45, 2.75) is 31.2 Å². The van der Waals surface area contributed by atoms with Gasteiger partial charge in [-0.05, 0) is 37.1 Å². The second-order valence-electron chi connectivity index (χ2n) is 4.91. The lowest BCUT2D eigenvalue weighted by Gasteiger charge is -2.19. The van der Waals surface area contributed by atoms with Crippen LogP contribution in [0.2, 0.25) is 0 Å². The minimum atomic E-state index is -0.233. The molecule has 1 aromatic carbocycles. The van der Waals surface area contributed by atoms with Gasteiger partial charge in [-0.25, -0.2) is 9.37 Å². The Bertz CT molecular complexity index is 547. The van der Waals surface area contributed by atoms with Gasteiger partial charge in [0.1, 0.15) is 10.8 Å². The lowest BCUT2D eigenvalue weighted by atomic mass is 10.0. The Morgan fingerprint density at radius 3 is 2.42 bits per heavy atom. The summed E-state index contributed by atoms with van der Waals surface area (Å²) in [5.41, 5.74) is 7.99. The normalized spacial score (nSPS) is 17.2. The zero-order valence-electron chi connectivity index (χ0n) is 10.4. The van der Waals surface area contributed by atoms with Crippen LogP contribution in [0, 0.1) is 5.82 Å². The fourth-order valence-electron chi connectivity index (χ4n) is 2.48. The summed E-state index contributed by atoms with van der Waals surface area (Å²) in [6.07, 6.45) is 4.40. The van der Waals surface area contributed by atoms with Crippen molar-refractivity contribution in [3.05, 3.63) is 40.5 Å². The average molecular weight is 299 g/mol. The van der Waals surface area contributed by atoms with Gasteiger partial charge in [-0.15, -0.1) is 23.7 Å². The molecule has 0 amide bonds. The van der Waals surface area contributed by atoms with E-state index in [-0.39, 0.29) is 23.8 Å². The van der Waals surface area contributed by atoms with Crippen molar-refractivity contribution in [1.29, 1.82) is 0 Å². The molecule has 1 saturated carbocycles. The van der Waals surface area contributed by atoms with Crippen LogP contribution in [0.1, 0.15) is 30.7 Å². The van der Waals surface area contributed by atoms with E-state index in [0.717, 1.165) is 29.1 Å². The van der Waals surface area contributed by atoms with Crippen LogP contribution in [0.3, 0.4) is 0 Å². The number of nitrogens with two attached hydrogens (primary N) is 1. The van der Waals surface area contributed by atoms with E-state index in [2.05, 4.69) is 4.98 Å². The molecule has 0 radical (unpaired) electrons. The van der Waals surface area contributed by atoms with Crippen molar-refractivity contribution in [2.75, 3.05) is 0 Å². The van der Waals surface area contributed by atoms with E-state index in [4.69, 9.17) is 5.73 Å². The highest BCUT2D eigenvalue weighted by Gasteiger charge is 2.34. The SMILES string of the molecule is Cl.NC1(c2nc(-c3ccc(F)cc3)cs2)CCCC1. The van der Waals surface area contributed by atoms with Crippen molar-refractivity contribution in [3.63, 3.8) is 0 Å². The summed E-state index contributed by atoms with van der Waals surface area (Å²) in [4.78, 5) is 4.63. The van der Waals surface area contributed by atoms with Crippen LogP contribution in [0.4, 0.5) is 4.39 Å². The molecule has 3 rings (SSSR count). The molecule has 1 aliphatic carbocycles. The van der Waals surface area contributed by atoms with Gasteiger partial charge in [0, 0.05) is 10.9 Å². The van der Waals surface area contributed by atoms with E-state index in [1.54, 1.807) is 23.5 Å². The monoisotopic (exact) mass is 298 g/mol. The fraction of sp³-hybridized carbons (Fsp3) is 0.357. The van der Waals surface area contributed by atoms with Gasteiger partial charge >= 0.3 is 0 Å². The summed E-state index contributed by atoms with van der Waals surface area (Å²) in [6, 6.07) is 6.43. The van der Waals surface area contributed by atoms with Crippen molar-refractivity contribution in [1.82, 2.24) is 4.98 Å². The fourth-order valence-corrected chi connectivity index (χ4v) is 3.48. The zero-order chi connectivity index (χ0) is 12.6. The Labute approximate surface area is 122 Å². The second kappa shape index (κ2) is 5.57. The summed E-state index contributed by atoms with van der Waals surface area (Å²) < 4.78 is 12.9. The molecule has 2 aromatic rings. The number of hydrogen-bond acceptors (Lipinski definition) is 3. The molecule has 2 N–H and O–H groups in total. The minimum Gasteiger partial charge on any atom is -0.319 e. The first kappa shape index (κ1) is 14.4. The van der Waals surface area contributed by atoms with Crippen LogP contribution in [0.25, 0.3) is 11.3 Å². The molecule has 1 aromatic heterocycles. The number of thiazole rings is 1. The summed E-state index contributed by atoms with van der Waals surface area (Å²) in [7, 11) is 0. The number of hydrogen-bond donors (Lipinski definition) is 1. The van der Waals surface area contributed by atoms with E-state index in [1.807, 2.05) is 5.38 Å². The molecular formula is C14H16ClFN2S. The van der Waals surface area contributed by atoms with E-state index >= 15 is 0 Å². The Morgan fingerprint density at radius 1 is 1.16 bits per heavy atom. The molecule has 1 heterocycles. The zero-order valence-corrected chi connectivity index (χ0v) is 12.1. The topological polar surface area (TPSA) is 38.9 Å². The van der Waals surface area contributed by atoms with E-state index < -0.39 is 0 Å². The van der Waals surface area contributed by atoms with Crippen molar-refractivity contribution in [3.8, 4) is 11.3 Å². The van der Waals surface area contributed by atoms with E-state index in [0.29, 0.717) is 0 Å². The molecule has 1 fully saturated rings. The summed E-state index contributed by atoms with van der Waals surface area (Å²) in [6.45, 7) is 0. The van der Waals surface area contributed by atoms with Crippen molar-refractivity contribution >= 4 is 23.7 Å². The van der Waals surface area contributed by atoms with Crippen LogP contribution in [-0.4, -0.2) is 4.98 Å². The quantitative estimate of drug-likeness (QED) is 0.906. The second-order valence-corrected chi connectivity index (χ2v) is 5.77. The highest BCUT2D eigenvalue weighted by Crippen LogP contribution is 2.38. The number of aromatic nitrogens is 1. The predicted molar refractivity (Wildman–Crippen MR) is 79.1 cm³/mol. The summed E-state index contributed by atoms with van der Waals surface area (Å²) in [5.74, 6) is -0.222. The van der Waals surface area contributed by atoms with E-state index in [9.17, 15) is 4.39 Å². The van der Waals surface area contributed by atoms with Crippen LogP contribution in [0.5, 0.6) is 0 Å². The van der Waals surface area contributed by atoms with Crippen LogP contribution in [-0.2, 0) is 5.54 Å². The first-order chi connectivity index (χ1) is 8.67. The largest absolute Gasteiger partial charge is 0.319 e. The molecule has 19 heavy (non-hydrogen) atoms. The third-order valence-electron chi connectivity index (χ3n) is 3.57. The molecular weight excluding hydrogens is 283 g/mol. The van der Waals surface area contributed by atoms with Crippen LogP contribution < -0.4 is 5.73 Å². The first-order valence-corrected chi connectivity index (χ1v) is 7.06. The Kier molecular flexibility index (Phi) is 4.23. The molecule has 0 unspecified atom stereocenters. The van der Waals surface area contributed by atoms with E-state index in [1.165, 1.54) is 25.0 Å². The third-order valence-corrected chi connectivity index (χ3v) is 4.63. The Hall–Kier alpha value is -0.970. The molecule has 0 aliphatic heterocycles. The minimum absolute atomic E-state index is 0. The van der Waals surface area contributed by atoms with Gasteiger partial charge in [0.25, 0.3) is 0 Å². The maximum absolute atomic E-state index is 12.9. The number of benzene rings is 1. The third kappa shape index (κ3) is 2.81. The Balaban J connectivity index is 0.00000133. The molecule has 0 saturated heterocycles. The lowest BCUT2D eigenvalue weighted by Crippen LogP contribution is -2.32. The van der Waals surface area contributed by atoms with Gasteiger partial charge in [-0.3, -0.25) is 0 Å².